The van der Waals surface area contributed by atoms with Crippen molar-refractivity contribution in [3.05, 3.63) is 72.9 Å². The molecule has 75 heavy (non-hydrogen) atoms. The average Bonchev–Trinajstić information content (AvgIpc) is 3.41. The fraction of sp³-hybridized carbons (Fsp3) is 0.783. The lowest BCUT2D eigenvalue weighted by atomic mass is 10.0. The van der Waals surface area contributed by atoms with Crippen LogP contribution in [0.2, 0.25) is 0 Å². The third-order valence-electron chi connectivity index (χ3n) is 14.2. The maximum absolute atomic E-state index is 12.8. The van der Waals surface area contributed by atoms with Gasteiger partial charge >= 0.3 is 17.9 Å². The number of ether oxygens (including phenoxy) is 3. The summed E-state index contributed by atoms with van der Waals surface area (Å²) in [5, 5.41) is 0. The highest BCUT2D eigenvalue weighted by Gasteiger charge is 2.19. The van der Waals surface area contributed by atoms with Crippen LogP contribution in [-0.2, 0) is 28.6 Å². The molecule has 0 saturated heterocycles. The molecule has 0 N–H and O–H groups in total. The number of carbonyl (C=O) groups is 3. The Balaban J connectivity index is 4.02. The van der Waals surface area contributed by atoms with Gasteiger partial charge in [0.15, 0.2) is 6.10 Å². The van der Waals surface area contributed by atoms with Crippen molar-refractivity contribution in [3.63, 3.8) is 0 Å². The summed E-state index contributed by atoms with van der Waals surface area (Å²) in [7, 11) is 0. The minimum Gasteiger partial charge on any atom is -0.462 e. The van der Waals surface area contributed by atoms with Crippen LogP contribution in [-0.4, -0.2) is 37.2 Å². The van der Waals surface area contributed by atoms with Gasteiger partial charge in [-0.2, -0.15) is 0 Å². The second-order valence-electron chi connectivity index (χ2n) is 21.7. The molecule has 6 heteroatoms. The third-order valence-corrected chi connectivity index (χ3v) is 14.2. The molecular formula is C69H122O6. The molecule has 1 atom stereocenters. The summed E-state index contributed by atoms with van der Waals surface area (Å²) in [5.41, 5.74) is 0. The molecule has 0 radical (unpaired) electrons. The van der Waals surface area contributed by atoms with E-state index in [2.05, 4.69) is 93.7 Å². The fourth-order valence-electron chi connectivity index (χ4n) is 9.39. The predicted molar refractivity (Wildman–Crippen MR) is 325 cm³/mol. The Morgan fingerprint density at radius 1 is 0.280 bits per heavy atom. The van der Waals surface area contributed by atoms with Gasteiger partial charge in [0.1, 0.15) is 13.2 Å². The minimum atomic E-state index is -0.772. The van der Waals surface area contributed by atoms with E-state index in [9.17, 15) is 14.4 Å². The lowest BCUT2D eigenvalue weighted by Gasteiger charge is -2.18. The summed E-state index contributed by atoms with van der Waals surface area (Å²) in [5.74, 6) is -0.876. The monoisotopic (exact) mass is 1050 g/mol. The van der Waals surface area contributed by atoms with Crippen LogP contribution in [0.25, 0.3) is 0 Å². The van der Waals surface area contributed by atoms with Crippen molar-refractivity contribution in [1.82, 2.24) is 0 Å². The van der Waals surface area contributed by atoms with Gasteiger partial charge in [0.05, 0.1) is 0 Å². The Hall–Kier alpha value is -3.15. The molecule has 0 aromatic carbocycles. The lowest BCUT2D eigenvalue weighted by Crippen LogP contribution is -2.30. The highest BCUT2D eigenvalue weighted by molar-refractivity contribution is 5.71. The predicted octanol–water partition coefficient (Wildman–Crippen LogP) is 22.1. The van der Waals surface area contributed by atoms with Gasteiger partial charge in [0.25, 0.3) is 0 Å². The topological polar surface area (TPSA) is 78.9 Å². The van der Waals surface area contributed by atoms with Gasteiger partial charge in [0.2, 0.25) is 0 Å². The Bertz CT molecular complexity index is 1390. The first-order valence-corrected chi connectivity index (χ1v) is 32.4. The van der Waals surface area contributed by atoms with Gasteiger partial charge in [-0.3, -0.25) is 14.4 Å². The summed E-state index contributed by atoms with van der Waals surface area (Å²) in [6, 6.07) is 0. The average molecular weight is 1050 g/mol. The third kappa shape index (κ3) is 61.6. The van der Waals surface area contributed by atoms with Gasteiger partial charge in [-0.15, -0.1) is 0 Å². The quantitative estimate of drug-likeness (QED) is 0.0261. The normalized spacial score (nSPS) is 12.5. The maximum atomic E-state index is 12.8. The Kier molecular flexibility index (Phi) is 60.7. The lowest BCUT2D eigenvalue weighted by molar-refractivity contribution is -0.167. The number of allylic oxidation sites excluding steroid dienone is 12. The van der Waals surface area contributed by atoms with Crippen LogP contribution in [0.4, 0.5) is 0 Å². The number of hydrogen-bond acceptors (Lipinski definition) is 6. The largest absolute Gasteiger partial charge is 0.462 e. The first-order chi connectivity index (χ1) is 37.0. The highest BCUT2D eigenvalue weighted by atomic mass is 16.6. The van der Waals surface area contributed by atoms with Crippen LogP contribution < -0.4 is 0 Å². The molecule has 0 rings (SSSR count). The second kappa shape index (κ2) is 63.4. The Labute approximate surface area is 465 Å². The van der Waals surface area contributed by atoms with Crippen LogP contribution >= 0.6 is 0 Å². The molecule has 0 aromatic heterocycles. The molecule has 0 aliphatic rings. The van der Waals surface area contributed by atoms with E-state index in [1.54, 1.807) is 0 Å². The van der Waals surface area contributed by atoms with E-state index in [1.807, 2.05) is 0 Å². The van der Waals surface area contributed by atoms with Gasteiger partial charge < -0.3 is 14.2 Å². The van der Waals surface area contributed by atoms with Gasteiger partial charge in [-0.25, -0.2) is 0 Å². The molecule has 0 bridgehead atoms. The summed E-state index contributed by atoms with van der Waals surface area (Å²) < 4.78 is 16.8. The van der Waals surface area contributed by atoms with E-state index in [0.717, 1.165) is 103 Å². The summed E-state index contributed by atoms with van der Waals surface area (Å²) in [4.78, 5) is 37.9. The van der Waals surface area contributed by atoms with Crippen molar-refractivity contribution < 1.29 is 28.6 Å². The summed E-state index contributed by atoms with van der Waals surface area (Å²) in [6.07, 6.45) is 82.5. The van der Waals surface area contributed by atoms with E-state index in [4.69, 9.17) is 14.2 Å². The molecule has 0 fully saturated rings. The van der Waals surface area contributed by atoms with Crippen molar-refractivity contribution in [2.24, 2.45) is 0 Å². The van der Waals surface area contributed by atoms with E-state index >= 15 is 0 Å². The molecule has 434 valence electrons. The van der Waals surface area contributed by atoms with Crippen molar-refractivity contribution in [2.75, 3.05) is 13.2 Å². The van der Waals surface area contributed by atoms with Crippen molar-refractivity contribution in [2.45, 2.75) is 335 Å². The van der Waals surface area contributed by atoms with E-state index in [1.165, 1.54) is 186 Å². The van der Waals surface area contributed by atoms with E-state index in [0.29, 0.717) is 19.3 Å². The van der Waals surface area contributed by atoms with Crippen LogP contribution in [0.1, 0.15) is 329 Å². The second-order valence-corrected chi connectivity index (χ2v) is 21.7. The zero-order valence-electron chi connectivity index (χ0n) is 49.8. The number of rotatable bonds is 59. The van der Waals surface area contributed by atoms with Crippen molar-refractivity contribution in [1.29, 1.82) is 0 Å². The molecule has 6 nitrogen and oxygen atoms in total. The fourth-order valence-corrected chi connectivity index (χ4v) is 9.39. The maximum Gasteiger partial charge on any atom is 0.306 e. The Morgan fingerprint density at radius 3 is 0.813 bits per heavy atom. The molecule has 0 spiro atoms. The van der Waals surface area contributed by atoms with Crippen LogP contribution in [0, 0.1) is 0 Å². The molecule has 0 aliphatic heterocycles. The molecule has 0 aromatic rings. The van der Waals surface area contributed by atoms with E-state index < -0.39 is 6.10 Å². The van der Waals surface area contributed by atoms with Gasteiger partial charge in [-0.05, 0) is 70.6 Å². The highest BCUT2D eigenvalue weighted by Crippen LogP contribution is 2.17. The van der Waals surface area contributed by atoms with Gasteiger partial charge in [-0.1, -0.05) is 312 Å². The summed E-state index contributed by atoms with van der Waals surface area (Å²) >= 11 is 0. The smallest absolute Gasteiger partial charge is 0.306 e. The Morgan fingerprint density at radius 2 is 0.520 bits per heavy atom. The van der Waals surface area contributed by atoms with Gasteiger partial charge in [0, 0.05) is 19.3 Å². The number of carbonyl (C=O) groups excluding carboxylic acids is 3. The van der Waals surface area contributed by atoms with Crippen molar-refractivity contribution in [3.8, 4) is 0 Å². The standard InChI is InChI=1S/C69H122O6/c1-4-7-10-13-15-17-19-21-23-25-27-29-31-32-33-34-35-36-38-39-41-43-45-47-49-51-53-56-59-62-68(71)74-65-66(64-73-67(70)61-58-55-12-9-6-3)75-69(72)63-60-57-54-52-50-48-46-44-42-40-37-30-28-26-24-22-20-18-16-14-11-8-5-2/h7,10,15,17,21,23,27,29,32-33,35-36,66H,4-6,8-9,11-14,16,18-20,22,24-26,28,30-31,34,37-65H2,1-3H3/b10-7-,17-15-,23-21-,29-27-,33-32-,36-35-. The molecule has 0 saturated carbocycles. The number of unbranched alkanes of at least 4 members (excludes halogenated alkanes) is 36. The zero-order chi connectivity index (χ0) is 54.3. The van der Waals surface area contributed by atoms with Crippen LogP contribution in [0.15, 0.2) is 72.9 Å². The number of hydrogen-bond donors (Lipinski definition) is 0. The summed E-state index contributed by atoms with van der Waals surface area (Å²) in [6.45, 7) is 6.48. The van der Waals surface area contributed by atoms with Crippen LogP contribution in [0.3, 0.4) is 0 Å². The molecule has 0 heterocycles. The SMILES string of the molecule is CC/C=C\C/C=C\C/C=C\C/C=C\C/C=C\C/C=C\CCCCCCCCCCCCC(=O)OCC(COC(=O)CCCCCCC)OC(=O)CCCCCCCCCCCCCCCCCCCCCCCCC. The zero-order valence-corrected chi connectivity index (χ0v) is 49.8. The van der Waals surface area contributed by atoms with E-state index in [-0.39, 0.29) is 31.1 Å². The van der Waals surface area contributed by atoms with Crippen LogP contribution in [0.5, 0.6) is 0 Å². The first kappa shape index (κ1) is 71.8. The minimum absolute atomic E-state index is 0.0737. The first-order valence-electron chi connectivity index (χ1n) is 32.4. The number of esters is 3. The molecular weight excluding hydrogens is 925 g/mol. The molecule has 1 unspecified atom stereocenters. The molecule has 0 amide bonds. The van der Waals surface area contributed by atoms with Crippen molar-refractivity contribution >= 4 is 17.9 Å². The molecule has 0 aliphatic carbocycles.